The number of nitrogens with zero attached hydrogens (tertiary/aromatic N) is 1. The molecule has 2 aromatic carbocycles. The number of hydrogen-bond acceptors (Lipinski definition) is 5. The van der Waals surface area contributed by atoms with Gasteiger partial charge in [-0.15, -0.1) is 0 Å². The van der Waals surface area contributed by atoms with Crippen LogP contribution in [-0.2, 0) is 22.4 Å². The molecular formula is C26H30N2O5. The number of fused-ring (bicyclic) bond motifs is 1. The van der Waals surface area contributed by atoms with Gasteiger partial charge in [0.15, 0.2) is 0 Å². The van der Waals surface area contributed by atoms with E-state index < -0.39 is 5.97 Å². The Balaban J connectivity index is 1.66. The molecule has 0 fully saturated rings. The van der Waals surface area contributed by atoms with Crippen LogP contribution < -0.4 is 4.74 Å². The fourth-order valence-electron chi connectivity index (χ4n) is 3.98. The quantitative estimate of drug-likeness (QED) is 0.202. The lowest BCUT2D eigenvalue weighted by Crippen LogP contribution is -2.15. The van der Waals surface area contributed by atoms with Crippen molar-refractivity contribution in [3.8, 4) is 5.75 Å². The molecule has 0 saturated heterocycles. The van der Waals surface area contributed by atoms with Crippen molar-refractivity contribution in [2.24, 2.45) is 5.16 Å². The molecule has 0 saturated carbocycles. The number of Topliss-reactive ketones (excluding diaryl/α,β-unsaturated/α-hetero) is 1. The number of ether oxygens (including phenoxy) is 1. The third-order valence-electron chi connectivity index (χ3n) is 5.72. The second kappa shape index (κ2) is 11.3. The van der Waals surface area contributed by atoms with Crippen LogP contribution in [0.15, 0.2) is 53.7 Å². The molecule has 33 heavy (non-hydrogen) atoms. The van der Waals surface area contributed by atoms with Gasteiger partial charge in [0.2, 0.25) is 0 Å². The molecule has 1 atom stereocenters. The molecule has 1 unspecified atom stereocenters. The van der Waals surface area contributed by atoms with Gasteiger partial charge in [-0.25, -0.2) is 0 Å². The first-order chi connectivity index (χ1) is 15.9. The van der Waals surface area contributed by atoms with Crippen molar-refractivity contribution in [1.82, 2.24) is 4.98 Å². The molecule has 1 aromatic heterocycles. The number of hydrogen-bond donors (Lipinski definition) is 3. The number of para-hydroxylation sites is 1. The van der Waals surface area contributed by atoms with Crippen LogP contribution in [0.25, 0.3) is 10.9 Å². The minimum atomic E-state index is -0.849. The number of ketones is 1. The third kappa shape index (κ3) is 6.44. The zero-order valence-corrected chi connectivity index (χ0v) is 19.0. The van der Waals surface area contributed by atoms with Crippen LogP contribution in [0, 0.1) is 0 Å². The largest absolute Gasteiger partial charge is 0.493 e. The molecule has 174 valence electrons. The molecule has 0 aliphatic rings. The number of H-pyrrole nitrogens is 1. The lowest BCUT2D eigenvalue weighted by molar-refractivity contribution is -0.136. The summed E-state index contributed by atoms with van der Waals surface area (Å²) in [6.45, 7) is 4.12. The van der Waals surface area contributed by atoms with Crippen molar-refractivity contribution in [1.29, 1.82) is 0 Å². The van der Waals surface area contributed by atoms with E-state index in [0.29, 0.717) is 43.8 Å². The number of carboxylic acids is 1. The molecule has 0 aliphatic heterocycles. The molecule has 3 rings (SSSR count). The van der Waals surface area contributed by atoms with E-state index in [-0.39, 0.29) is 18.1 Å². The first-order valence-electron chi connectivity index (χ1n) is 11.2. The van der Waals surface area contributed by atoms with E-state index in [1.807, 2.05) is 55.5 Å². The molecule has 0 amide bonds. The highest BCUT2D eigenvalue weighted by Crippen LogP contribution is 2.31. The van der Waals surface area contributed by atoms with E-state index in [1.165, 1.54) is 0 Å². The molecule has 7 heteroatoms. The van der Waals surface area contributed by atoms with Crippen molar-refractivity contribution in [3.63, 3.8) is 0 Å². The molecular weight excluding hydrogens is 420 g/mol. The van der Waals surface area contributed by atoms with Gasteiger partial charge in [0.1, 0.15) is 11.5 Å². The van der Waals surface area contributed by atoms with Gasteiger partial charge in [-0.3, -0.25) is 9.59 Å². The molecule has 0 aliphatic carbocycles. The van der Waals surface area contributed by atoms with Gasteiger partial charge in [0.05, 0.1) is 18.7 Å². The average molecular weight is 451 g/mol. The number of aromatic amines is 1. The van der Waals surface area contributed by atoms with Gasteiger partial charge < -0.3 is 20.0 Å². The van der Waals surface area contributed by atoms with Crippen molar-refractivity contribution >= 4 is 28.4 Å². The summed E-state index contributed by atoms with van der Waals surface area (Å²) in [6, 6.07) is 15.2. The summed E-state index contributed by atoms with van der Waals surface area (Å²) in [5, 5.41) is 21.9. The zero-order valence-electron chi connectivity index (χ0n) is 19.0. The number of aromatic nitrogens is 1. The van der Waals surface area contributed by atoms with Gasteiger partial charge >= 0.3 is 5.97 Å². The Bertz CT molecular complexity index is 1150. The first kappa shape index (κ1) is 24.0. The number of nitrogens with one attached hydrogen (secondary N) is 1. The molecule has 0 radical (unpaired) electrons. The molecule has 0 spiro atoms. The van der Waals surface area contributed by atoms with E-state index in [4.69, 9.17) is 15.1 Å². The Labute approximate surface area is 193 Å². The van der Waals surface area contributed by atoms with E-state index >= 15 is 0 Å². The second-order valence-corrected chi connectivity index (χ2v) is 8.19. The third-order valence-corrected chi connectivity index (χ3v) is 5.72. The summed E-state index contributed by atoms with van der Waals surface area (Å²) >= 11 is 0. The van der Waals surface area contributed by atoms with Crippen LogP contribution >= 0.6 is 0 Å². The van der Waals surface area contributed by atoms with Crippen molar-refractivity contribution in [2.75, 3.05) is 6.61 Å². The maximum atomic E-state index is 12.8. The van der Waals surface area contributed by atoms with Crippen LogP contribution in [0.5, 0.6) is 5.75 Å². The summed E-state index contributed by atoms with van der Waals surface area (Å²) in [7, 11) is 0. The number of carbonyl (C=O) groups excluding carboxylic acids is 1. The predicted octanol–water partition coefficient (Wildman–Crippen LogP) is 5.11. The molecule has 3 aromatic rings. The lowest BCUT2D eigenvalue weighted by atomic mass is 9.89. The maximum absolute atomic E-state index is 12.8. The summed E-state index contributed by atoms with van der Waals surface area (Å²) in [4.78, 5) is 27.1. The minimum absolute atomic E-state index is 0.0000316. The van der Waals surface area contributed by atoms with Crippen LogP contribution in [0.4, 0.5) is 0 Å². The fourth-order valence-corrected chi connectivity index (χ4v) is 3.98. The highest BCUT2D eigenvalue weighted by molar-refractivity contribution is 5.91. The SMILES string of the molecule is CCC(C(=O)CCC(C)=NO)c1ccccc1OCCc1cc2cc(CC(=O)O)ccc2[nH]1. The number of oxime groups is 1. The molecule has 1 heterocycles. The van der Waals surface area contributed by atoms with Crippen LogP contribution in [0.1, 0.15) is 55.8 Å². The topological polar surface area (TPSA) is 112 Å². The van der Waals surface area contributed by atoms with Crippen LogP contribution in [0.3, 0.4) is 0 Å². The van der Waals surface area contributed by atoms with Gasteiger partial charge in [0, 0.05) is 35.5 Å². The smallest absolute Gasteiger partial charge is 0.307 e. The Morgan fingerprint density at radius 2 is 1.91 bits per heavy atom. The fraction of sp³-hybridized carbons (Fsp3) is 0.346. The standard InChI is InChI=1S/C26H30N2O5/c1-3-21(24(29)11-8-17(2)28-32)22-6-4-5-7-25(22)33-13-12-20-16-19-14-18(15-26(30)31)9-10-23(19)27-20/h4-7,9-10,14,16,21,27,32H,3,8,11-13,15H2,1-2H3,(H,30,31). The summed E-state index contributed by atoms with van der Waals surface area (Å²) in [6.07, 6.45) is 2.06. The summed E-state index contributed by atoms with van der Waals surface area (Å²) in [5.41, 5.74) is 4.13. The van der Waals surface area contributed by atoms with Crippen LogP contribution in [0.2, 0.25) is 0 Å². The van der Waals surface area contributed by atoms with Gasteiger partial charge in [0.25, 0.3) is 0 Å². The molecule has 3 N–H and O–H groups in total. The second-order valence-electron chi connectivity index (χ2n) is 8.19. The van der Waals surface area contributed by atoms with Crippen molar-refractivity contribution < 1.29 is 24.6 Å². The number of aliphatic carboxylic acids is 1. The van der Waals surface area contributed by atoms with E-state index in [0.717, 1.165) is 27.7 Å². The predicted molar refractivity (Wildman–Crippen MR) is 127 cm³/mol. The minimum Gasteiger partial charge on any atom is -0.493 e. The Morgan fingerprint density at radius 1 is 1.12 bits per heavy atom. The normalized spacial score (nSPS) is 12.6. The summed E-state index contributed by atoms with van der Waals surface area (Å²) < 4.78 is 6.08. The van der Waals surface area contributed by atoms with Crippen molar-refractivity contribution in [2.45, 2.75) is 51.9 Å². The van der Waals surface area contributed by atoms with Crippen LogP contribution in [-0.4, -0.2) is 39.4 Å². The van der Waals surface area contributed by atoms with Gasteiger partial charge in [-0.1, -0.05) is 36.3 Å². The van der Waals surface area contributed by atoms with Crippen molar-refractivity contribution in [3.05, 3.63) is 65.4 Å². The van der Waals surface area contributed by atoms with E-state index in [1.54, 1.807) is 6.92 Å². The number of carboxylic acid groups (broad SMARTS) is 1. The highest BCUT2D eigenvalue weighted by atomic mass is 16.5. The Morgan fingerprint density at radius 3 is 2.64 bits per heavy atom. The zero-order chi connectivity index (χ0) is 23.8. The molecule has 7 nitrogen and oxygen atoms in total. The van der Waals surface area contributed by atoms with E-state index in [2.05, 4.69) is 10.1 Å². The van der Waals surface area contributed by atoms with Gasteiger partial charge in [-0.2, -0.15) is 0 Å². The monoisotopic (exact) mass is 450 g/mol. The lowest BCUT2D eigenvalue weighted by Gasteiger charge is -2.18. The molecule has 0 bridgehead atoms. The maximum Gasteiger partial charge on any atom is 0.307 e. The first-order valence-corrected chi connectivity index (χ1v) is 11.2. The Kier molecular flexibility index (Phi) is 8.24. The number of carbonyl (C=O) groups is 2. The average Bonchev–Trinajstić information content (AvgIpc) is 3.20. The highest BCUT2D eigenvalue weighted by Gasteiger charge is 2.22. The Hall–Kier alpha value is -3.61. The summed E-state index contributed by atoms with van der Waals surface area (Å²) in [5.74, 6) is -0.319. The van der Waals surface area contributed by atoms with E-state index in [9.17, 15) is 9.59 Å². The van der Waals surface area contributed by atoms with Gasteiger partial charge in [-0.05, 0) is 55.0 Å². The number of rotatable bonds is 12. The number of benzene rings is 2.